The third-order valence-electron chi connectivity index (χ3n) is 4.03. The lowest BCUT2D eigenvalue weighted by atomic mass is 9.97. The van der Waals surface area contributed by atoms with Crippen LogP contribution in [-0.2, 0) is 11.3 Å². The van der Waals surface area contributed by atoms with Gasteiger partial charge in [-0.25, -0.2) is 0 Å². The van der Waals surface area contributed by atoms with Crippen molar-refractivity contribution in [2.45, 2.75) is 19.4 Å². The molecule has 0 bridgehead atoms. The summed E-state index contributed by atoms with van der Waals surface area (Å²) in [5.41, 5.74) is 6.72. The highest BCUT2D eigenvalue weighted by Gasteiger charge is 2.19. The minimum absolute atomic E-state index is 0.0732. The van der Waals surface area contributed by atoms with Crippen molar-refractivity contribution in [3.05, 3.63) is 29.8 Å². The predicted octanol–water partition coefficient (Wildman–Crippen LogP) is 0.982. The van der Waals surface area contributed by atoms with E-state index >= 15 is 0 Å². The van der Waals surface area contributed by atoms with Gasteiger partial charge in [0.25, 0.3) is 0 Å². The number of carbonyl (C=O) groups excluding carboxylic acids is 1. The number of piperidine rings is 1. The number of hydrogen-bond donors (Lipinski definition) is 2. The van der Waals surface area contributed by atoms with E-state index in [0.29, 0.717) is 19.0 Å². The molecule has 0 aromatic heterocycles. The molecule has 0 radical (unpaired) electrons. The number of carbonyl (C=O) groups is 1. The van der Waals surface area contributed by atoms with Crippen molar-refractivity contribution in [3.8, 4) is 5.75 Å². The SMILES string of the molecule is COc1cccc(CNC(=O)CN2CCC(CN)CC2)c1. The van der Waals surface area contributed by atoms with E-state index in [0.717, 1.165) is 43.8 Å². The van der Waals surface area contributed by atoms with Crippen LogP contribution in [0.25, 0.3) is 0 Å². The van der Waals surface area contributed by atoms with Gasteiger partial charge in [0.1, 0.15) is 5.75 Å². The smallest absolute Gasteiger partial charge is 0.234 e. The maximum Gasteiger partial charge on any atom is 0.234 e. The topological polar surface area (TPSA) is 67.6 Å². The summed E-state index contributed by atoms with van der Waals surface area (Å²) in [6.07, 6.45) is 2.19. The molecule has 0 atom stereocenters. The quantitative estimate of drug-likeness (QED) is 0.820. The van der Waals surface area contributed by atoms with Gasteiger partial charge in [-0.15, -0.1) is 0 Å². The van der Waals surface area contributed by atoms with Crippen LogP contribution in [-0.4, -0.2) is 44.1 Å². The van der Waals surface area contributed by atoms with Gasteiger partial charge in [0, 0.05) is 6.54 Å². The van der Waals surface area contributed by atoms with Crippen LogP contribution in [0.3, 0.4) is 0 Å². The lowest BCUT2D eigenvalue weighted by Crippen LogP contribution is -2.42. The minimum Gasteiger partial charge on any atom is -0.497 e. The van der Waals surface area contributed by atoms with E-state index in [4.69, 9.17) is 10.5 Å². The number of hydrogen-bond acceptors (Lipinski definition) is 4. The van der Waals surface area contributed by atoms with Crippen molar-refractivity contribution in [1.82, 2.24) is 10.2 Å². The molecule has 21 heavy (non-hydrogen) atoms. The Labute approximate surface area is 126 Å². The van der Waals surface area contributed by atoms with Crippen molar-refractivity contribution in [3.63, 3.8) is 0 Å². The average Bonchev–Trinajstić information content (AvgIpc) is 2.54. The maximum atomic E-state index is 12.0. The monoisotopic (exact) mass is 291 g/mol. The van der Waals surface area contributed by atoms with Crippen LogP contribution in [0.1, 0.15) is 18.4 Å². The van der Waals surface area contributed by atoms with Gasteiger partial charge in [-0.1, -0.05) is 12.1 Å². The van der Waals surface area contributed by atoms with Gasteiger partial charge in [0.05, 0.1) is 13.7 Å². The van der Waals surface area contributed by atoms with Crippen molar-refractivity contribution >= 4 is 5.91 Å². The summed E-state index contributed by atoms with van der Waals surface area (Å²) < 4.78 is 5.17. The molecule has 0 unspecified atom stereocenters. The first-order chi connectivity index (χ1) is 10.2. The first-order valence-electron chi connectivity index (χ1n) is 7.53. The number of rotatable bonds is 6. The van der Waals surface area contributed by atoms with Crippen molar-refractivity contribution in [1.29, 1.82) is 0 Å². The Balaban J connectivity index is 1.72. The highest BCUT2D eigenvalue weighted by Crippen LogP contribution is 2.15. The van der Waals surface area contributed by atoms with Gasteiger partial charge in [-0.05, 0) is 56.1 Å². The molecular formula is C16H25N3O2. The van der Waals surface area contributed by atoms with Crippen LogP contribution in [0.4, 0.5) is 0 Å². The van der Waals surface area contributed by atoms with Crippen molar-refractivity contribution in [2.24, 2.45) is 11.7 Å². The molecule has 1 fully saturated rings. The Bertz CT molecular complexity index is 457. The van der Waals surface area contributed by atoms with Crippen molar-refractivity contribution in [2.75, 3.05) is 33.3 Å². The van der Waals surface area contributed by atoms with E-state index < -0.39 is 0 Å². The molecule has 0 spiro atoms. The van der Waals surface area contributed by atoms with Crippen LogP contribution in [0.15, 0.2) is 24.3 Å². The molecule has 1 saturated heterocycles. The number of nitrogens with one attached hydrogen (secondary N) is 1. The Kier molecular flexibility index (Phi) is 6.02. The highest BCUT2D eigenvalue weighted by molar-refractivity contribution is 5.78. The number of ether oxygens (including phenoxy) is 1. The fourth-order valence-electron chi connectivity index (χ4n) is 2.62. The summed E-state index contributed by atoms with van der Waals surface area (Å²) >= 11 is 0. The lowest BCUT2D eigenvalue weighted by Gasteiger charge is -2.30. The zero-order valence-corrected chi connectivity index (χ0v) is 12.7. The van der Waals surface area contributed by atoms with E-state index in [2.05, 4.69) is 10.2 Å². The second kappa shape index (κ2) is 8.00. The number of benzene rings is 1. The second-order valence-electron chi connectivity index (χ2n) is 5.58. The molecule has 0 aliphatic carbocycles. The minimum atomic E-state index is 0.0732. The van der Waals surface area contributed by atoms with E-state index in [1.165, 1.54) is 0 Å². The highest BCUT2D eigenvalue weighted by atomic mass is 16.5. The second-order valence-corrected chi connectivity index (χ2v) is 5.58. The summed E-state index contributed by atoms with van der Waals surface area (Å²) in [4.78, 5) is 14.2. The molecule has 1 heterocycles. The summed E-state index contributed by atoms with van der Waals surface area (Å²) in [6, 6.07) is 7.74. The van der Waals surface area contributed by atoms with E-state index in [-0.39, 0.29) is 5.91 Å². The standard InChI is InChI=1S/C16H25N3O2/c1-21-15-4-2-3-14(9-15)11-18-16(20)12-19-7-5-13(10-17)6-8-19/h2-4,9,13H,5-8,10-12,17H2,1H3,(H,18,20). The van der Waals surface area contributed by atoms with E-state index in [1.54, 1.807) is 7.11 Å². The first kappa shape index (κ1) is 15.8. The summed E-state index contributed by atoms with van der Waals surface area (Å²) in [5.74, 6) is 1.51. The van der Waals surface area contributed by atoms with Crippen LogP contribution in [0.5, 0.6) is 5.75 Å². The molecule has 2 rings (SSSR count). The van der Waals surface area contributed by atoms with Crippen LogP contribution in [0, 0.1) is 5.92 Å². The van der Waals surface area contributed by atoms with Gasteiger partial charge < -0.3 is 15.8 Å². The van der Waals surface area contributed by atoms with E-state index in [9.17, 15) is 4.79 Å². The Morgan fingerprint density at radius 3 is 2.86 bits per heavy atom. The fourth-order valence-corrected chi connectivity index (χ4v) is 2.62. The maximum absolute atomic E-state index is 12.0. The van der Waals surface area contributed by atoms with Gasteiger partial charge in [-0.2, -0.15) is 0 Å². The molecule has 0 saturated carbocycles. The molecular weight excluding hydrogens is 266 g/mol. The largest absolute Gasteiger partial charge is 0.497 e. The van der Waals surface area contributed by atoms with Crippen molar-refractivity contribution < 1.29 is 9.53 Å². The zero-order valence-electron chi connectivity index (χ0n) is 12.7. The van der Waals surface area contributed by atoms with Crippen LogP contribution >= 0.6 is 0 Å². The number of amides is 1. The van der Waals surface area contributed by atoms with Gasteiger partial charge in [-0.3, -0.25) is 9.69 Å². The molecule has 116 valence electrons. The predicted molar refractivity (Wildman–Crippen MR) is 83.1 cm³/mol. The summed E-state index contributed by atoms with van der Waals surface area (Å²) in [6.45, 7) is 3.70. The molecule has 1 amide bonds. The molecule has 3 N–H and O–H groups in total. The number of nitrogens with two attached hydrogens (primary N) is 1. The number of nitrogens with zero attached hydrogens (tertiary/aromatic N) is 1. The normalized spacial score (nSPS) is 16.7. The van der Waals surface area contributed by atoms with Crippen LogP contribution < -0.4 is 15.8 Å². The first-order valence-corrected chi connectivity index (χ1v) is 7.53. The molecule has 1 aliphatic rings. The Hall–Kier alpha value is -1.59. The average molecular weight is 291 g/mol. The Morgan fingerprint density at radius 1 is 1.43 bits per heavy atom. The van der Waals surface area contributed by atoms with Gasteiger partial charge >= 0.3 is 0 Å². The zero-order chi connectivity index (χ0) is 15.1. The summed E-state index contributed by atoms with van der Waals surface area (Å²) in [5, 5.41) is 2.96. The van der Waals surface area contributed by atoms with Crippen LogP contribution in [0.2, 0.25) is 0 Å². The molecule has 1 aromatic rings. The third-order valence-corrected chi connectivity index (χ3v) is 4.03. The third kappa shape index (κ3) is 5.02. The Morgan fingerprint density at radius 2 is 2.19 bits per heavy atom. The molecule has 1 aromatic carbocycles. The van der Waals surface area contributed by atoms with E-state index in [1.807, 2.05) is 24.3 Å². The fraction of sp³-hybridized carbons (Fsp3) is 0.562. The van der Waals surface area contributed by atoms with Gasteiger partial charge in [0.2, 0.25) is 5.91 Å². The number of methoxy groups -OCH3 is 1. The summed E-state index contributed by atoms with van der Waals surface area (Å²) in [7, 11) is 1.64. The van der Waals surface area contributed by atoms with Gasteiger partial charge in [0.15, 0.2) is 0 Å². The lowest BCUT2D eigenvalue weighted by molar-refractivity contribution is -0.122. The molecule has 5 nitrogen and oxygen atoms in total. The molecule has 1 aliphatic heterocycles. The molecule has 5 heteroatoms. The number of likely N-dealkylation sites (tertiary alicyclic amines) is 1.